The lowest BCUT2D eigenvalue weighted by molar-refractivity contribution is 0.128. The molecule has 1 heterocycles. The van der Waals surface area contributed by atoms with Crippen LogP contribution >= 0.6 is 0 Å². The van der Waals surface area contributed by atoms with E-state index in [0.29, 0.717) is 0 Å². The Labute approximate surface area is 176 Å². The highest BCUT2D eigenvalue weighted by molar-refractivity contribution is 7.92. The number of benzene rings is 2. The number of sulfone groups is 1. The minimum absolute atomic E-state index is 0.0194. The van der Waals surface area contributed by atoms with E-state index in [-0.39, 0.29) is 22.9 Å². The first-order valence-corrected chi connectivity index (χ1v) is 13.8. The molecule has 0 aliphatic carbocycles. The first-order valence-electron chi connectivity index (χ1n) is 9.03. The largest absolute Gasteiger partial charge is 0.390 e. The monoisotopic (exact) mass is 474 g/mol. The first-order chi connectivity index (χ1) is 14.0. The van der Waals surface area contributed by atoms with Gasteiger partial charge in [-0.25, -0.2) is 30.0 Å². The Bertz CT molecular complexity index is 1180. The van der Waals surface area contributed by atoms with Gasteiger partial charge in [0.05, 0.1) is 33.4 Å². The maximum absolute atomic E-state index is 13.1. The molecule has 0 bridgehead atoms. The van der Waals surface area contributed by atoms with Crippen molar-refractivity contribution in [1.82, 2.24) is 9.03 Å². The third-order valence-electron chi connectivity index (χ3n) is 4.69. The van der Waals surface area contributed by atoms with Crippen LogP contribution in [0, 0.1) is 0 Å². The number of sulfonamides is 2. The number of nitrogens with zero attached hydrogens (tertiary/aromatic N) is 1. The zero-order chi connectivity index (χ0) is 22.0. The summed E-state index contributed by atoms with van der Waals surface area (Å²) in [6.45, 7) is -0.646. The van der Waals surface area contributed by atoms with Crippen LogP contribution in [0.2, 0.25) is 0 Å². The smallest absolute Gasteiger partial charge is 0.243 e. The molecule has 0 saturated carbocycles. The van der Waals surface area contributed by atoms with Gasteiger partial charge in [-0.2, -0.15) is 4.31 Å². The lowest BCUT2D eigenvalue weighted by atomic mass is 10.2. The lowest BCUT2D eigenvalue weighted by Gasteiger charge is -2.29. The molecular formula is C18H22N2O7S3. The van der Waals surface area contributed by atoms with E-state index in [4.69, 9.17) is 0 Å². The van der Waals surface area contributed by atoms with Gasteiger partial charge in [0.1, 0.15) is 0 Å². The summed E-state index contributed by atoms with van der Waals surface area (Å²) in [6.07, 6.45) is -1.40. The van der Waals surface area contributed by atoms with Crippen LogP contribution in [0.5, 0.6) is 0 Å². The third-order valence-corrected chi connectivity index (χ3v) is 9.81. The van der Waals surface area contributed by atoms with Crippen LogP contribution in [0.25, 0.3) is 0 Å². The van der Waals surface area contributed by atoms with Crippen molar-refractivity contribution < 1.29 is 30.4 Å². The fraction of sp³-hybridized carbons (Fsp3) is 0.333. The summed E-state index contributed by atoms with van der Waals surface area (Å²) in [5.41, 5.74) is 0. The lowest BCUT2D eigenvalue weighted by Crippen LogP contribution is -2.49. The van der Waals surface area contributed by atoms with Crippen LogP contribution in [0.15, 0.2) is 70.5 Å². The van der Waals surface area contributed by atoms with Crippen LogP contribution in [0.3, 0.4) is 0 Å². The molecule has 1 saturated heterocycles. The summed E-state index contributed by atoms with van der Waals surface area (Å²) in [5, 5.41) is 10.2. The molecule has 2 aromatic rings. The first kappa shape index (κ1) is 22.8. The van der Waals surface area contributed by atoms with E-state index in [1.54, 1.807) is 24.3 Å². The molecule has 0 unspecified atom stereocenters. The average molecular weight is 475 g/mol. The van der Waals surface area contributed by atoms with Gasteiger partial charge in [0.2, 0.25) is 20.0 Å². The number of hydrogen-bond donors (Lipinski definition) is 2. The molecule has 0 radical (unpaired) electrons. The Balaban J connectivity index is 1.85. The van der Waals surface area contributed by atoms with Gasteiger partial charge in [0.15, 0.2) is 9.84 Å². The molecule has 1 aliphatic heterocycles. The van der Waals surface area contributed by atoms with Gasteiger partial charge in [-0.3, -0.25) is 0 Å². The van der Waals surface area contributed by atoms with Crippen LogP contribution < -0.4 is 4.72 Å². The summed E-state index contributed by atoms with van der Waals surface area (Å²) in [6, 6.07) is 13.7. The quantitative estimate of drug-likeness (QED) is 0.541. The summed E-state index contributed by atoms with van der Waals surface area (Å²) in [7, 11) is -11.7. The summed E-state index contributed by atoms with van der Waals surface area (Å²) >= 11 is 0. The van der Waals surface area contributed by atoms with Gasteiger partial charge in [0.25, 0.3) is 0 Å². The van der Waals surface area contributed by atoms with Crippen molar-refractivity contribution >= 4 is 29.9 Å². The fourth-order valence-corrected chi connectivity index (χ4v) is 7.86. The van der Waals surface area contributed by atoms with Gasteiger partial charge < -0.3 is 5.11 Å². The Morgan fingerprint density at radius 1 is 0.900 bits per heavy atom. The van der Waals surface area contributed by atoms with Crippen molar-refractivity contribution in [3.63, 3.8) is 0 Å². The van der Waals surface area contributed by atoms with Crippen molar-refractivity contribution in [3.8, 4) is 0 Å². The maximum Gasteiger partial charge on any atom is 0.243 e. The SMILES string of the molecule is O=S1(=O)C[C@@H](O)[C@H](N(CCNS(=O)(=O)c2ccccc2)S(=O)(=O)c2ccccc2)C1. The Morgan fingerprint density at radius 2 is 1.43 bits per heavy atom. The van der Waals surface area contributed by atoms with Crippen molar-refractivity contribution in [3.05, 3.63) is 60.7 Å². The molecule has 3 rings (SSSR count). The van der Waals surface area contributed by atoms with Gasteiger partial charge in [0, 0.05) is 13.1 Å². The number of nitrogens with one attached hydrogen (secondary N) is 1. The van der Waals surface area contributed by atoms with E-state index in [2.05, 4.69) is 4.72 Å². The second-order valence-electron chi connectivity index (χ2n) is 6.85. The maximum atomic E-state index is 13.1. The van der Waals surface area contributed by atoms with E-state index < -0.39 is 53.5 Å². The minimum atomic E-state index is -4.18. The number of hydrogen-bond acceptors (Lipinski definition) is 7. The van der Waals surface area contributed by atoms with E-state index >= 15 is 0 Å². The molecule has 0 spiro atoms. The second-order valence-corrected chi connectivity index (χ2v) is 12.7. The van der Waals surface area contributed by atoms with Crippen LogP contribution in [-0.2, 0) is 29.9 Å². The molecule has 1 aliphatic rings. The normalized spacial score (nSPS) is 21.7. The van der Waals surface area contributed by atoms with Crippen molar-refractivity contribution in [2.24, 2.45) is 0 Å². The molecule has 0 amide bonds. The zero-order valence-electron chi connectivity index (χ0n) is 15.8. The fourth-order valence-electron chi connectivity index (χ4n) is 3.25. The Kier molecular flexibility index (Phi) is 6.65. The van der Waals surface area contributed by atoms with Crippen molar-refractivity contribution in [1.29, 1.82) is 0 Å². The predicted molar refractivity (Wildman–Crippen MR) is 110 cm³/mol. The molecule has 30 heavy (non-hydrogen) atoms. The molecular weight excluding hydrogens is 452 g/mol. The van der Waals surface area contributed by atoms with Gasteiger partial charge in [-0.1, -0.05) is 36.4 Å². The third kappa shape index (κ3) is 5.07. The topological polar surface area (TPSA) is 138 Å². The van der Waals surface area contributed by atoms with Crippen LogP contribution in [0.1, 0.15) is 0 Å². The zero-order valence-corrected chi connectivity index (χ0v) is 18.3. The van der Waals surface area contributed by atoms with E-state index in [1.807, 2.05) is 0 Å². The van der Waals surface area contributed by atoms with E-state index in [9.17, 15) is 30.4 Å². The molecule has 0 aromatic heterocycles. The summed E-state index contributed by atoms with van der Waals surface area (Å²) < 4.78 is 78.2. The highest BCUT2D eigenvalue weighted by Crippen LogP contribution is 2.25. The highest BCUT2D eigenvalue weighted by atomic mass is 32.2. The number of aliphatic hydroxyl groups is 1. The summed E-state index contributed by atoms with van der Waals surface area (Å²) in [4.78, 5) is -0.0571. The Morgan fingerprint density at radius 3 is 1.93 bits per heavy atom. The van der Waals surface area contributed by atoms with Gasteiger partial charge in [-0.05, 0) is 24.3 Å². The van der Waals surface area contributed by atoms with Crippen LogP contribution in [0.4, 0.5) is 0 Å². The number of rotatable bonds is 8. The number of aliphatic hydroxyl groups excluding tert-OH is 1. The van der Waals surface area contributed by atoms with Gasteiger partial charge in [-0.15, -0.1) is 0 Å². The average Bonchev–Trinajstić information content (AvgIpc) is 2.98. The Hall–Kier alpha value is -1.83. The van der Waals surface area contributed by atoms with E-state index in [0.717, 1.165) is 4.31 Å². The van der Waals surface area contributed by atoms with Gasteiger partial charge >= 0.3 is 0 Å². The van der Waals surface area contributed by atoms with Crippen molar-refractivity contribution in [2.45, 2.75) is 21.9 Å². The van der Waals surface area contributed by atoms with Crippen molar-refractivity contribution in [2.75, 3.05) is 24.6 Å². The molecule has 164 valence electrons. The molecule has 2 N–H and O–H groups in total. The molecule has 12 heteroatoms. The highest BCUT2D eigenvalue weighted by Gasteiger charge is 2.44. The predicted octanol–water partition coefficient (Wildman–Crippen LogP) is -0.186. The molecule has 1 fully saturated rings. The molecule has 2 aromatic carbocycles. The van der Waals surface area contributed by atoms with E-state index in [1.165, 1.54) is 36.4 Å². The standard InChI is InChI=1S/C18H22N2O7S3/c21-18-14-28(22,23)13-17(18)20(30(26,27)16-9-5-2-6-10-16)12-11-19-29(24,25)15-7-3-1-4-8-15/h1-10,17-19,21H,11-14H2/t17-,18-/m1/s1. The second kappa shape index (κ2) is 8.73. The molecule has 9 nitrogen and oxygen atoms in total. The molecule has 2 atom stereocenters. The van der Waals surface area contributed by atoms with Crippen LogP contribution in [-0.4, -0.2) is 71.4 Å². The summed E-state index contributed by atoms with van der Waals surface area (Å²) in [5.74, 6) is -1.08. The minimum Gasteiger partial charge on any atom is -0.390 e.